The fourth-order valence-electron chi connectivity index (χ4n) is 2.47. The van der Waals surface area contributed by atoms with Gasteiger partial charge < -0.3 is 4.74 Å². The average molecular weight is 278 g/mol. The normalized spacial score (nSPS) is 25.3. The van der Waals surface area contributed by atoms with Gasteiger partial charge in [-0.3, -0.25) is 0 Å². The van der Waals surface area contributed by atoms with Gasteiger partial charge in [-0.05, 0) is 12.0 Å². The van der Waals surface area contributed by atoms with Crippen molar-refractivity contribution in [2.24, 2.45) is 0 Å². The third-order valence-corrected chi connectivity index (χ3v) is 3.59. The molecule has 0 aromatic heterocycles. The van der Waals surface area contributed by atoms with Crippen molar-refractivity contribution >= 4 is 0 Å². The van der Waals surface area contributed by atoms with Crippen molar-refractivity contribution in [1.82, 2.24) is 0 Å². The minimum absolute atomic E-state index is 0.132. The van der Waals surface area contributed by atoms with E-state index in [4.69, 9.17) is 4.74 Å². The van der Waals surface area contributed by atoms with Crippen molar-refractivity contribution in [3.63, 3.8) is 0 Å². The van der Waals surface area contributed by atoms with Crippen molar-refractivity contribution in [1.29, 1.82) is 0 Å². The molecular formula is C17H20F2O. The zero-order valence-corrected chi connectivity index (χ0v) is 11.6. The first-order valence-electron chi connectivity index (χ1n) is 7.05. The molecule has 1 aromatic carbocycles. The Bertz CT molecular complexity index is 451. The van der Waals surface area contributed by atoms with Crippen LogP contribution in [0.1, 0.15) is 37.7 Å². The van der Waals surface area contributed by atoms with E-state index in [2.05, 4.69) is 0 Å². The number of hydrogen-bond acceptors (Lipinski definition) is 1. The van der Waals surface area contributed by atoms with E-state index in [1.165, 1.54) is 0 Å². The number of ether oxygens (including phenoxy) is 1. The first-order chi connectivity index (χ1) is 9.65. The topological polar surface area (TPSA) is 9.23 Å². The van der Waals surface area contributed by atoms with E-state index in [0.29, 0.717) is 6.42 Å². The zero-order chi connectivity index (χ0) is 14.4. The predicted molar refractivity (Wildman–Crippen MR) is 76.8 cm³/mol. The van der Waals surface area contributed by atoms with Crippen LogP contribution in [-0.4, -0.2) is 12.2 Å². The highest BCUT2D eigenvalue weighted by Gasteiger charge is 2.31. The van der Waals surface area contributed by atoms with Gasteiger partial charge in [0.05, 0.1) is 0 Å². The zero-order valence-electron chi connectivity index (χ0n) is 11.6. The summed E-state index contributed by atoms with van der Waals surface area (Å²) in [6.07, 6.45) is 9.87. The number of unbranched alkanes of at least 4 members (excludes halogenated alkanes) is 1. The van der Waals surface area contributed by atoms with Crippen molar-refractivity contribution in [2.75, 3.05) is 0 Å². The minimum Gasteiger partial charge on any atom is -0.308 e. The standard InChI is InChI=1S/C17H20F2O/c1-2-3-11-17(20-16(18)19)12-9-15(10-13-17)14-7-5-4-6-8-14/h4-10,12-13,15-16H,2-3,11H2,1H3. The number of rotatable bonds is 6. The lowest BCUT2D eigenvalue weighted by Gasteiger charge is -2.31. The Labute approximate surface area is 119 Å². The van der Waals surface area contributed by atoms with Crippen LogP contribution in [0.3, 0.4) is 0 Å². The van der Waals surface area contributed by atoms with Crippen LogP contribution in [0.2, 0.25) is 0 Å². The Morgan fingerprint density at radius 2 is 1.80 bits per heavy atom. The average Bonchev–Trinajstić information content (AvgIpc) is 2.46. The molecule has 1 aromatic rings. The molecule has 0 saturated heterocycles. The summed E-state index contributed by atoms with van der Waals surface area (Å²) in [6.45, 7) is -0.714. The molecule has 0 amide bonds. The molecule has 108 valence electrons. The second kappa shape index (κ2) is 6.80. The fourth-order valence-corrected chi connectivity index (χ4v) is 2.47. The lowest BCUT2D eigenvalue weighted by molar-refractivity contribution is -0.178. The van der Waals surface area contributed by atoms with Gasteiger partial charge in [0, 0.05) is 5.92 Å². The Morgan fingerprint density at radius 3 is 2.35 bits per heavy atom. The second-order valence-corrected chi connectivity index (χ2v) is 5.09. The van der Waals surface area contributed by atoms with Gasteiger partial charge in [-0.1, -0.05) is 74.4 Å². The number of halogens is 2. The smallest absolute Gasteiger partial charge is 0.308 e. The number of alkyl halides is 2. The van der Waals surface area contributed by atoms with Crippen LogP contribution in [0.4, 0.5) is 8.78 Å². The summed E-state index contributed by atoms with van der Waals surface area (Å²) in [4.78, 5) is 0. The predicted octanol–water partition coefficient (Wildman–Crippen LogP) is 5.06. The van der Waals surface area contributed by atoms with Crippen LogP contribution in [0.25, 0.3) is 0 Å². The van der Waals surface area contributed by atoms with Crippen LogP contribution in [0.15, 0.2) is 54.6 Å². The minimum atomic E-state index is -2.76. The van der Waals surface area contributed by atoms with Gasteiger partial charge in [-0.2, -0.15) is 8.78 Å². The highest BCUT2D eigenvalue weighted by molar-refractivity contribution is 5.35. The van der Waals surface area contributed by atoms with Gasteiger partial charge in [-0.25, -0.2) is 0 Å². The molecule has 0 saturated carbocycles. The van der Waals surface area contributed by atoms with Gasteiger partial charge in [0.25, 0.3) is 0 Å². The summed E-state index contributed by atoms with van der Waals surface area (Å²) < 4.78 is 30.1. The van der Waals surface area contributed by atoms with E-state index in [1.54, 1.807) is 12.2 Å². The molecule has 2 rings (SSSR count). The van der Waals surface area contributed by atoms with Crippen molar-refractivity contribution in [3.8, 4) is 0 Å². The Hall–Kier alpha value is -1.48. The summed E-state index contributed by atoms with van der Waals surface area (Å²) in [5.41, 5.74) is 0.205. The molecule has 0 fully saturated rings. The molecule has 1 aliphatic carbocycles. The molecular weight excluding hydrogens is 258 g/mol. The molecule has 0 N–H and O–H groups in total. The SMILES string of the molecule is CCCCC1(OC(F)F)C=CC(c2ccccc2)C=C1. The van der Waals surface area contributed by atoms with Gasteiger partial charge in [0.1, 0.15) is 5.60 Å². The van der Waals surface area contributed by atoms with Crippen LogP contribution in [-0.2, 0) is 4.74 Å². The summed E-state index contributed by atoms with van der Waals surface area (Å²) in [5.74, 6) is 0.132. The first-order valence-corrected chi connectivity index (χ1v) is 7.05. The van der Waals surface area contributed by atoms with Crippen LogP contribution in [0.5, 0.6) is 0 Å². The first kappa shape index (κ1) is 14.9. The molecule has 0 bridgehead atoms. The molecule has 0 spiro atoms. The van der Waals surface area contributed by atoms with E-state index in [0.717, 1.165) is 18.4 Å². The van der Waals surface area contributed by atoms with Gasteiger partial charge >= 0.3 is 6.61 Å². The molecule has 20 heavy (non-hydrogen) atoms. The summed E-state index contributed by atoms with van der Waals surface area (Å²) in [6, 6.07) is 9.99. The quantitative estimate of drug-likeness (QED) is 0.660. The molecule has 3 heteroatoms. The van der Waals surface area contributed by atoms with E-state index >= 15 is 0 Å². The maximum absolute atomic E-state index is 12.6. The summed E-state index contributed by atoms with van der Waals surface area (Å²) >= 11 is 0. The molecule has 0 atom stereocenters. The van der Waals surface area contributed by atoms with Gasteiger partial charge in [0.2, 0.25) is 0 Å². The van der Waals surface area contributed by atoms with Crippen LogP contribution < -0.4 is 0 Å². The van der Waals surface area contributed by atoms with Gasteiger partial charge in [0.15, 0.2) is 0 Å². The largest absolute Gasteiger partial charge is 0.346 e. The van der Waals surface area contributed by atoms with Crippen LogP contribution >= 0.6 is 0 Å². The third-order valence-electron chi connectivity index (χ3n) is 3.59. The molecule has 0 radical (unpaired) electrons. The lowest BCUT2D eigenvalue weighted by atomic mass is 9.85. The van der Waals surface area contributed by atoms with Gasteiger partial charge in [-0.15, -0.1) is 0 Å². The third kappa shape index (κ3) is 3.76. The van der Waals surface area contributed by atoms with Crippen molar-refractivity contribution in [2.45, 2.75) is 44.3 Å². The maximum atomic E-state index is 12.6. The molecule has 1 nitrogen and oxygen atoms in total. The summed E-state index contributed by atoms with van der Waals surface area (Å²) in [5, 5.41) is 0. The highest BCUT2D eigenvalue weighted by atomic mass is 19.3. The van der Waals surface area contributed by atoms with E-state index < -0.39 is 12.2 Å². The van der Waals surface area contributed by atoms with Crippen LogP contribution in [0, 0.1) is 0 Å². The molecule has 0 heterocycles. The summed E-state index contributed by atoms with van der Waals surface area (Å²) in [7, 11) is 0. The fraction of sp³-hybridized carbons (Fsp3) is 0.412. The molecule has 0 unspecified atom stereocenters. The number of allylic oxidation sites excluding steroid dienone is 2. The van der Waals surface area contributed by atoms with Crippen molar-refractivity contribution < 1.29 is 13.5 Å². The maximum Gasteiger partial charge on any atom is 0.346 e. The second-order valence-electron chi connectivity index (χ2n) is 5.09. The Morgan fingerprint density at radius 1 is 1.15 bits per heavy atom. The van der Waals surface area contributed by atoms with Crippen molar-refractivity contribution in [3.05, 3.63) is 60.2 Å². The highest BCUT2D eigenvalue weighted by Crippen LogP contribution is 2.33. The molecule has 1 aliphatic rings. The monoisotopic (exact) mass is 278 g/mol. The number of benzene rings is 1. The Kier molecular flexibility index (Phi) is 5.07. The van der Waals surface area contributed by atoms with E-state index in [1.807, 2.05) is 49.4 Å². The lowest BCUT2D eigenvalue weighted by Crippen LogP contribution is -2.32. The Balaban J connectivity index is 2.13. The van der Waals surface area contributed by atoms with E-state index in [9.17, 15) is 8.78 Å². The van der Waals surface area contributed by atoms with E-state index in [-0.39, 0.29) is 5.92 Å². The molecule has 0 aliphatic heterocycles. The number of hydrogen-bond donors (Lipinski definition) is 0.